The number of rotatable bonds is 8. The Morgan fingerprint density at radius 2 is 1.85 bits per heavy atom. The fourth-order valence-electron chi connectivity index (χ4n) is 2.58. The van der Waals surface area contributed by atoms with Crippen molar-refractivity contribution in [3.8, 4) is 11.5 Å². The van der Waals surface area contributed by atoms with E-state index < -0.39 is 0 Å². The van der Waals surface area contributed by atoms with Crippen molar-refractivity contribution < 1.29 is 9.84 Å². The van der Waals surface area contributed by atoms with Crippen molar-refractivity contribution in [2.24, 2.45) is 10.9 Å². The minimum Gasteiger partial charge on any atom is -0.508 e. The Hall–Kier alpha value is -1.96. The first kappa shape index (κ1) is 21.3. The van der Waals surface area contributed by atoms with Crippen molar-refractivity contribution in [1.82, 2.24) is 10.6 Å². The van der Waals surface area contributed by atoms with E-state index in [0.29, 0.717) is 13.1 Å². The molecule has 0 bridgehead atoms. The number of nitrogens with one attached hydrogen (secondary N) is 2. The van der Waals surface area contributed by atoms with Gasteiger partial charge in [-0.3, -0.25) is 0 Å². The Kier molecular flexibility index (Phi) is 8.71. The molecular weight excluding hydrogens is 453 g/mol. The number of nitrogens with zero attached hydrogens (tertiary/aromatic N) is 1. The summed E-state index contributed by atoms with van der Waals surface area (Å²) in [6.07, 6.45) is 2.57. The normalized spacial score (nSPS) is 13.6. The second kappa shape index (κ2) is 11.0. The molecule has 3 rings (SSSR count). The van der Waals surface area contributed by atoms with Gasteiger partial charge in [-0.05, 0) is 49.4 Å². The summed E-state index contributed by atoms with van der Waals surface area (Å²) in [4.78, 5) is 4.61. The van der Waals surface area contributed by atoms with Crippen molar-refractivity contribution in [2.45, 2.75) is 32.9 Å². The van der Waals surface area contributed by atoms with E-state index in [1.165, 1.54) is 12.8 Å². The maximum atomic E-state index is 9.36. The minimum absolute atomic E-state index is 0. The monoisotopic (exact) mass is 481 g/mol. The molecule has 6 heteroatoms. The zero-order chi connectivity index (χ0) is 18.2. The van der Waals surface area contributed by atoms with Crippen molar-refractivity contribution in [3.05, 3.63) is 59.7 Å². The molecule has 1 fully saturated rings. The highest BCUT2D eigenvalue weighted by Gasteiger charge is 2.22. The molecule has 0 aliphatic heterocycles. The number of aliphatic imine (C=N–C) groups is 1. The highest BCUT2D eigenvalue weighted by atomic mass is 127. The number of guanidine groups is 1. The van der Waals surface area contributed by atoms with E-state index in [0.717, 1.165) is 41.9 Å². The van der Waals surface area contributed by atoms with Crippen LogP contribution in [-0.2, 0) is 13.1 Å². The van der Waals surface area contributed by atoms with Gasteiger partial charge in [0.25, 0.3) is 0 Å². The summed E-state index contributed by atoms with van der Waals surface area (Å²) in [7, 11) is 0. The molecule has 0 unspecified atom stereocenters. The van der Waals surface area contributed by atoms with Gasteiger partial charge in [0, 0.05) is 18.7 Å². The third-order valence-electron chi connectivity index (χ3n) is 4.29. The molecule has 2 aromatic rings. The molecule has 1 saturated carbocycles. The summed E-state index contributed by atoms with van der Waals surface area (Å²) in [5.74, 6) is 2.71. The van der Waals surface area contributed by atoms with Crippen LogP contribution in [0.3, 0.4) is 0 Å². The van der Waals surface area contributed by atoms with Crippen LogP contribution in [0.15, 0.2) is 53.5 Å². The number of ether oxygens (including phenoxy) is 1. The number of aromatic hydroxyl groups is 1. The van der Waals surface area contributed by atoms with Crippen LogP contribution in [0.2, 0.25) is 0 Å². The maximum absolute atomic E-state index is 9.36. The highest BCUT2D eigenvalue weighted by molar-refractivity contribution is 14.0. The molecule has 5 nitrogen and oxygen atoms in total. The topological polar surface area (TPSA) is 65.9 Å². The summed E-state index contributed by atoms with van der Waals surface area (Å²) in [5.41, 5.74) is 2.18. The van der Waals surface area contributed by atoms with Crippen molar-refractivity contribution >= 4 is 29.9 Å². The number of hydrogen-bond acceptors (Lipinski definition) is 3. The molecule has 146 valence electrons. The number of phenolic OH excluding ortho intramolecular Hbond substituents is 1. The zero-order valence-electron chi connectivity index (χ0n) is 15.6. The summed E-state index contributed by atoms with van der Waals surface area (Å²) in [5, 5.41) is 16.0. The van der Waals surface area contributed by atoms with Gasteiger partial charge >= 0.3 is 0 Å². The first-order valence-electron chi connectivity index (χ1n) is 9.25. The standard InChI is InChI=1S/C21H27N3O2.HI/c1-2-22-21(23-13-16-9-11-19(25)12-10-16)24-14-18-5-3-4-6-20(18)26-15-17-7-8-17;/h3-6,9-12,17,25H,2,7-8,13-15H2,1H3,(H2,22,23,24);1H. The predicted octanol–water partition coefficient (Wildman–Crippen LogP) is 4.05. The van der Waals surface area contributed by atoms with E-state index in [1.54, 1.807) is 12.1 Å². The fraction of sp³-hybridized carbons (Fsp3) is 0.381. The summed E-state index contributed by atoms with van der Waals surface area (Å²) >= 11 is 0. The van der Waals surface area contributed by atoms with Crippen LogP contribution < -0.4 is 15.4 Å². The second-order valence-electron chi connectivity index (χ2n) is 6.58. The van der Waals surface area contributed by atoms with E-state index in [-0.39, 0.29) is 29.7 Å². The third kappa shape index (κ3) is 7.28. The van der Waals surface area contributed by atoms with Gasteiger partial charge in [0.2, 0.25) is 0 Å². The molecule has 0 atom stereocenters. The lowest BCUT2D eigenvalue weighted by atomic mass is 10.2. The van der Waals surface area contributed by atoms with Gasteiger partial charge in [-0.1, -0.05) is 30.3 Å². The van der Waals surface area contributed by atoms with E-state index >= 15 is 0 Å². The van der Waals surface area contributed by atoms with E-state index in [2.05, 4.69) is 21.7 Å². The molecule has 0 heterocycles. The maximum Gasteiger partial charge on any atom is 0.191 e. The van der Waals surface area contributed by atoms with Crippen LogP contribution in [0.5, 0.6) is 11.5 Å². The molecule has 1 aliphatic carbocycles. The van der Waals surface area contributed by atoms with Crippen molar-refractivity contribution in [3.63, 3.8) is 0 Å². The van der Waals surface area contributed by atoms with E-state index in [9.17, 15) is 5.11 Å². The average Bonchev–Trinajstić information content (AvgIpc) is 3.49. The lowest BCUT2D eigenvalue weighted by molar-refractivity contribution is 0.296. The Labute approximate surface area is 178 Å². The van der Waals surface area contributed by atoms with Gasteiger partial charge in [0.15, 0.2) is 5.96 Å². The first-order valence-corrected chi connectivity index (χ1v) is 9.25. The number of phenols is 1. The smallest absolute Gasteiger partial charge is 0.191 e. The third-order valence-corrected chi connectivity index (χ3v) is 4.29. The molecule has 0 amide bonds. The number of hydrogen-bond donors (Lipinski definition) is 3. The number of benzene rings is 2. The zero-order valence-corrected chi connectivity index (χ0v) is 18.0. The van der Waals surface area contributed by atoms with E-state index in [1.807, 2.05) is 37.3 Å². The Morgan fingerprint density at radius 1 is 1.11 bits per heavy atom. The molecule has 3 N–H and O–H groups in total. The first-order chi connectivity index (χ1) is 12.7. The molecule has 0 aromatic heterocycles. The minimum atomic E-state index is 0. The van der Waals surface area contributed by atoms with Crippen LogP contribution in [-0.4, -0.2) is 24.2 Å². The highest BCUT2D eigenvalue weighted by Crippen LogP contribution is 2.30. The Morgan fingerprint density at radius 3 is 2.56 bits per heavy atom. The van der Waals surface area contributed by atoms with Crippen LogP contribution in [0.25, 0.3) is 0 Å². The number of para-hydroxylation sites is 1. The lowest BCUT2D eigenvalue weighted by Crippen LogP contribution is -2.36. The van der Waals surface area contributed by atoms with Crippen LogP contribution >= 0.6 is 24.0 Å². The SMILES string of the molecule is CCNC(=NCc1ccc(O)cc1)NCc1ccccc1OCC1CC1.I. The molecule has 0 radical (unpaired) electrons. The largest absolute Gasteiger partial charge is 0.508 e. The summed E-state index contributed by atoms with van der Waals surface area (Å²) in [6, 6.07) is 15.3. The quantitative estimate of drug-likeness (QED) is 0.303. The van der Waals surface area contributed by atoms with Gasteiger partial charge in [0.1, 0.15) is 11.5 Å². The van der Waals surface area contributed by atoms with Crippen LogP contribution in [0, 0.1) is 5.92 Å². The summed E-state index contributed by atoms with van der Waals surface area (Å²) < 4.78 is 5.97. The van der Waals surface area contributed by atoms with Crippen LogP contribution in [0.4, 0.5) is 0 Å². The molecule has 2 aromatic carbocycles. The van der Waals surface area contributed by atoms with Gasteiger partial charge in [-0.15, -0.1) is 24.0 Å². The average molecular weight is 481 g/mol. The molecule has 0 saturated heterocycles. The van der Waals surface area contributed by atoms with Crippen molar-refractivity contribution in [2.75, 3.05) is 13.2 Å². The Balaban J connectivity index is 0.00000261. The summed E-state index contributed by atoms with van der Waals surface area (Å²) in [6.45, 7) is 4.86. The predicted molar refractivity (Wildman–Crippen MR) is 120 cm³/mol. The van der Waals surface area contributed by atoms with Gasteiger partial charge < -0.3 is 20.5 Å². The van der Waals surface area contributed by atoms with E-state index in [4.69, 9.17) is 4.74 Å². The van der Waals surface area contributed by atoms with Crippen LogP contribution in [0.1, 0.15) is 30.9 Å². The number of halogens is 1. The van der Waals surface area contributed by atoms with Gasteiger partial charge in [-0.2, -0.15) is 0 Å². The fourth-order valence-corrected chi connectivity index (χ4v) is 2.58. The lowest BCUT2D eigenvalue weighted by Gasteiger charge is -2.14. The molecule has 0 spiro atoms. The second-order valence-corrected chi connectivity index (χ2v) is 6.58. The van der Waals surface area contributed by atoms with Gasteiger partial charge in [0.05, 0.1) is 13.2 Å². The molecular formula is C21H28IN3O2. The molecule has 1 aliphatic rings. The van der Waals surface area contributed by atoms with Gasteiger partial charge in [-0.25, -0.2) is 4.99 Å². The van der Waals surface area contributed by atoms with Crippen molar-refractivity contribution in [1.29, 1.82) is 0 Å². The Bertz CT molecular complexity index is 730. The molecule has 27 heavy (non-hydrogen) atoms.